The molecular formula is C49H70N6O10. The van der Waals surface area contributed by atoms with Crippen molar-refractivity contribution < 1.29 is 48.1 Å². The van der Waals surface area contributed by atoms with Crippen LogP contribution in [0.25, 0.3) is 0 Å². The van der Waals surface area contributed by atoms with Crippen molar-refractivity contribution in [3.05, 3.63) is 54.1 Å². The summed E-state index contributed by atoms with van der Waals surface area (Å²) < 4.78 is 10.6. The fourth-order valence-corrected chi connectivity index (χ4v) is 9.38. The van der Waals surface area contributed by atoms with Crippen molar-refractivity contribution >= 4 is 52.8 Å². The van der Waals surface area contributed by atoms with Crippen molar-refractivity contribution in [1.29, 1.82) is 0 Å². The number of likely N-dealkylation sites (tertiary alicyclic amines) is 1. The smallest absolute Gasteiger partial charge is 0.414 e. The summed E-state index contributed by atoms with van der Waals surface area (Å²) in [7, 11) is 2.89. The van der Waals surface area contributed by atoms with Crippen LogP contribution in [0.1, 0.15) is 109 Å². The van der Waals surface area contributed by atoms with Crippen molar-refractivity contribution in [2.45, 2.75) is 116 Å². The van der Waals surface area contributed by atoms with E-state index in [1.54, 1.807) is 24.1 Å². The average Bonchev–Trinajstić information content (AvgIpc) is 3.44. The quantitative estimate of drug-likeness (QED) is 0.138. The number of fused-ring (bicyclic) bond motifs is 1. The Bertz CT molecular complexity index is 1960. The molecule has 2 saturated heterocycles. The van der Waals surface area contributed by atoms with Crippen LogP contribution >= 0.6 is 0 Å². The zero-order chi connectivity index (χ0) is 47.0. The van der Waals surface area contributed by atoms with Gasteiger partial charge in [-0.05, 0) is 61.8 Å². The molecule has 0 saturated carbocycles. The second-order valence-corrected chi connectivity index (χ2v) is 18.1. The van der Waals surface area contributed by atoms with Gasteiger partial charge in [0.05, 0.1) is 38.1 Å². The predicted molar refractivity (Wildman–Crippen MR) is 247 cm³/mol. The molecule has 2 fully saturated rings. The van der Waals surface area contributed by atoms with Crippen LogP contribution in [0.15, 0.2) is 48.5 Å². The van der Waals surface area contributed by atoms with Crippen molar-refractivity contribution in [3.8, 4) is 5.75 Å². The minimum atomic E-state index is -1.53. The zero-order valence-corrected chi connectivity index (χ0v) is 38.9. The lowest BCUT2D eigenvalue weighted by molar-refractivity contribution is -0.146. The van der Waals surface area contributed by atoms with Crippen LogP contribution in [0.3, 0.4) is 0 Å². The fraction of sp³-hybridized carbons (Fsp3) is 0.612. The number of aliphatic carboxylic acids is 1. The van der Waals surface area contributed by atoms with Crippen LogP contribution in [0, 0.1) is 17.8 Å². The predicted octanol–water partition coefficient (Wildman–Crippen LogP) is 5.77. The molecule has 2 aromatic rings. The fourth-order valence-electron chi connectivity index (χ4n) is 9.38. The molecule has 0 bridgehead atoms. The average molecular weight is 903 g/mol. The summed E-state index contributed by atoms with van der Waals surface area (Å²) in [6.45, 7) is 9.11. The third-order valence-electron chi connectivity index (χ3n) is 13.0. The number of Topliss-reactive ketones (excluding diaryl/α,β-unsaturated/α-hetero) is 1. The summed E-state index contributed by atoms with van der Waals surface area (Å²) in [5, 5.41) is 15.9. The zero-order valence-electron chi connectivity index (χ0n) is 38.9. The van der Waals surface area contributed by atoms with Crippen LogP contribution in [-0.4, -0.2) is 128 Å². The molecule has 3 aliphatic rings. The molecule has 5 amide bonds. The van der Waals surface area contributed by atoms with Crippen LogP contribution in [0.5, 0.6) is 5.75 Å². The number of hydrogen-bond acceptors (Lipinski definition) is 10. The van der Waals surface area contributed by atoms with E-state index in [1.165, 1.54) is 12.0 Å². The maximum atomic E-state index is 14.7. The lowest BCUT2D eigenvalue weighted by Crippen LogP contribution is -2.52. The number of ether oxygens (including phenoxy) is 2. The number of para-hydroxylation sites is 3. The summed E-state index contributed by atoms with van der Waals surface area (Å²) in [5.74, 6) is -4.66. The van der Waals surface area contributed by atoms with E-state index in [4.69, 9.17) is 9.47 Å². The normalized spacial score (nSPS) is 18.2. The van der Waals surface area contributed by atoms with Gasteiger partial charge in [0, 0.05) is 76.4 Å². The van der Waals surface area contributed by atoms with E-state index in [-0.39, 0.29) is 50.0 Å². The molecule has 3 N–H and O–H groups in total. The Balaban J connectivity index is 1.33. The lowest BCUT2D eigenvalue weighted by atomic mass is 9.86. The molecule has 65 heavy (non-hydrogen) atoms. The number of nitrogens with one attached hydrogen (secondary N) is 2. The molecule has 1 unspecified atom stereocenters. The molecule has 0 aromatic heterocycles. The summed E-state index contributed by atoms with van der Waals surface area (Å²) in [6, 6.07) is 12.3. The van der Waals surface area contributed by atoms with Gasteiger partial charge in [0.2, 0.25) is 23.6 Å². The standard InChI is InChI=1S/C49H70N6O10/c1-6-7-16-34(46(59)51-39(48(61)62)31-45(58)54-25-23-52(24-26-54)41-19-12-13-20-43(41)64-4)29-42(56)38(28-36-32-55(49(63)65-5)40-18-11-10-17-37(36)40)50-47(60)35(27-33(2)3)30-44(57)53-21-14-8-9-15-22-53/h10-13,17-20,33-36,38-39H,6-9,14-16,21-32H2,1-5H3,(H,50,60)(H,51,59)(H,61,62)/t34-,35+,36?,38+,39+/m0/s1. The minimum absolute atomic E-state index is 0.00158. The van der Waals surface area contributed by atoms with Gasteiger partial charge >= 0.3 is 12.1 Å². The van der Waals surface area contributed by atoms with Gasteiger partial charge in [-0.15, -0.1) is 0 Å². The maximum absolute atomic E-state index is 14.7. The highest BCUT2D eigenvalue weighted by molar-refractivity contribution is 5.96. The van der Waals surface area contributed by atoms with Crippen LogP contribution in [0.4, 0.5) is 16.2 Å². The summed E-state index contributed by atoms with van der Waals surface area (Å²) in [6.07, 6.45) is 4.64. The van der Waals surface area contributed by atoms with E-state index >= 15 is 0 Å². The molecule has 2 aromatic carbocycles. The Kier molecular flexibility index (Phi) is 19.0. The lowest BCUT2D eigenvalue weighted by Gasteiger charge is -2.37. The molecule has 5 rings (SSSR count). The number of amides is 5. The van der Waals surface area contributed by atoms with E-state index in [0.29, 0.717) is 70.0 Å². The van der Waals surface area contributed by atoms with Crippen molar-refractivity contribution in [3.63, 3.8) is 0 Å². The van der Waals surface area contributed by atoms with Gasteiger partial charge in [-0.1, -0.05) is 76.8 Å². The number of unbranched alkanes of at least 4 members (excludes halogenated alkanes) is 1. The SMILES string of the molecule is CCCC[C@@H](CC(=O)[C@@H](CC1CN(C(=O)OC)c2ccccc21)NC(=O)[C@@H](CC(=O)N1CCCCCC1)CC(C)C)C(=O)N[C@H](CC(=O)N1CCN(c2ccccc2OC)CC1)C(=O)O. The van der Waals surface area contributed by atoms with Crippen LogP contribution in [-0.2, 0) is 33.5 Å². The number of anilines is 2. The Morgan fingerprint density at radius 2 is 1.32 bits per heavy atom. The maximum Gasteiger partial charge on any atom is 0.414 e. The summed E-state index contributed by atoms with van der Waals surface area (Å²) >= 11 is 0. The van der Waals surface area contributed by atoms with Crippen molar-refractivity contribution in [1.82, 2.24) is 20.4 Å². The number of methoxy groups -OCH3 is 2. The number of benzene rings is 2. The van der Waals surface area contributed by atoms with Crippen molar-refractivity contribution in [2.75, 3.05) is 69.8 Å². The van der Waals surface area contributed by atoms with Gasteiger partial charge in [0.15, 0.2) is 5.78 Å². The number of carbonyl (C=O) groups excluding carboxylic acids is 6. The Labute approximate surface area is 383 Å². The van der Waals surface area contributed by atoms with Crippen LogP contribution in [0.2, 0.25) is 0 Å². The molecule has 3 aliphatic heterocycles. The molecule has 16 nitrogen and oxygen atoms in total. The molecule has 3 heterocycles. The minimum Gasteiger partial charge on any atom is -0.495 e. The van der Waals surface area contributed by atoms with Gasteiger partial charge in [-0.2, -0.15) is 0 Å². The number of carboxylic acid groups (broad SMARTS) is 1. The van der Waals surface area contributed by atoms with Gasteiger partial charge in [-0.25, -0.2) is 9.59 Å². The number of hydrogen-bond donors (Lipinski definition) is 3. The third kappa shape index (κ3) is 13.9. The molecule has 0 radical (unpaired) electrons. The molecule has 16 heteroatoms. The van der Waals surface area contributed by atoms with Crippen LogP contribution < -0.4 is 25.2 Å². The van der Waals surface area contributed by atoms with E-state index in [1.807, 2.05) is 62.1 Å². The van der Waals surface area contributed by atoms with E-state index in [0.717, 1.165) is 36.9 Å². The molecule has 0 aliphatic carbocycles. The Hall–Kier alpha value is -5.67. The van der Waals surface area contributed by atoms with E-state index in [2.05, 4.69) is 15.5 Å². The highest BCUT2D eigenvalue weighted by atomic mass is 16.5. The van der Waals surface area contributed by atoms with E-state index in [9.17, 15) is 38.7 Å². The molecular weight excluding hydrogens is 833 g/mol. The first kappa shape index (κ1) is 50.3. The van der Waals surface area contributed by atoms with Gasteiger partial charge in [-0.3, -0.25) is 28.9 Å². The third-order valence-corrected chi connectivity index (χ3v) is 13.0. The second-order valence-electron chi connectivity index (χ2n) is 18.1. The van der Waals surface area contributed by atoms with Crippen molar-refractivity contribution in [2.24, 2.45) is 17.8 Å². The first-order chi connectivity index (χ1) is 31.2. The second kappa shape index (κ2) is 24.6. The summed E-state index contributed by atoms with van der Waals surface area (Å²) in [5.41, 5.74) is 2.34. The number of carbonyl (C=O) groups is 7. The number of nitrogens with zero attached hydrogens (tertiary/aromatic N) is 4. The van der Waals surface area contributed by atoms with Gasteiger partial charge < -0.3 is 39.9 Å². The van der Waals surface area contributed by atoms with Gasteiger partial charge in [0.1, 0.15) is 11.8 Å². The Morgan fingerprint density at radius 3 is 1.95 bits per heavy atom. The number of rotatable bonds is 21. The largest absolute Gasteiger partial charge is 0.495 e. The molecule has 356 valence electrons. The van der Waals surface area contributed by atoms with Gasteiger partial charge in [0.25, 0.3) is 0 Å². The first-order valence-corrected chi connectivity index (χ1v) is 23.5. The molecule has 0 spiro atoms. The number of carboxylic acids is 1. The number of piperazine rings is 1. The highest BCUT2D eigenvalue weighted by Crippen LogP contribution is 2.39. The number of ketones is 1. The Morgan fingerprint density at radius 1 is 0.723 bits per heavy atom. The molecule has 5 atom stereocenters. The monoisotopic (exact) mass is 903 g/mol. The summed E-state index contributed by atoms with van der Waals surface area (Å²) in [4.78, 5) is 103. The van der Waals surface area contributed by atoms with E-state index < -0.39 is 65.9 Å². The highest BCUT2D eigenvalue weighted by Gasteiger charge is 2.39. The topological polar surface area (TPSA) is 195 Å². The first-order valence-electron chi connectivity index (χ1n) is 23.5.